The van der Waals surface area contributed by atoms with Gasteiger partial charge in [-0.1, -0.05) is 405 Å². The summed E-state index contributed by atoms with van der Waals surface area (Å²) in [4.78, 5) is 24.7. The standard InChI is InChI=1S/C76H149NO5/c1-3-5-7-9-11-13-15-17-19-21-23-24-25-27-30-33-36-40-44-48-52-56-60-64-68-74(79)73(72-78)77-75(80)69-65-61-57-53-49-45-41-37-34-31-28-26-29-32-35-39-43-47-51-55-59-63-67-71-82-76(81)70-66-62-58-54-50-46-42-38-22-20-18-16-14-12-10-8-6-4-2/h64,68,73-74,78-79H,3-63,65-67,69-72H2,1-2H3,(H,77,80)/b68-64+. The highest BCUT2D eigenvalue weighted by Crippen LogP contribution is 2.20. The van der Waals surface area contributed by atoms with Crippen LogP contribution in [0.15, 0.2) is 12.2 Å². The molecule has 0 aromatic rings. The zero-order chi connectivity index (χ0) is 59.2. The van der Waals surface area contributed by atoms with Gasteiger partial charge in [-0.05, 0) is 32.1 Å². The van der Waals surface area contributed by atoms with E-state index in [2.05, 4.69) is 19.2 Å². The van der Waals surface area contributed by atoms with Gasteiger partial charge in [0.05, 0.1) is 25.4 Å². The fraction of sp³-hybridized carbons (Fsp3) is 0.947. The summed E-state index contributed by atoms with van der Waals surface area (Å²) in [5.41, 5.74) is 0. The lowest BCUT2D eigenvalue weighted by Crippen LogP contribution is -2.45. The van der Waals surface area contributed by atoms with E-state index in [1.165, 1.54) is 372 Å². The van der Waals surface area contributed by atoms with Crippen LogP contribution in [0.4, 0.5) is 0 Å². The molecule has 0 aliphatic rings. The van der Waals surface area contributed by atoms with E-state index in [-0.39, 0.29) is 18.5 Å². The first-order chi connectivity index (χ1) is 40.5. The Bertz CT molecular complexity index is 1240. The molecule has 82 heavy (non-hydrogen) atoms. The van der Waals surface area contributed by atoms with Gasteiger partial charge in [0.15, 0.2) is 0 Å². The van der Waals surface area contributed by atoms with Crippen LogP contribution in [0.5, 0.6) is 0 Å². The van der Waals surface area contributed by atoms with Gasteiger partial charge >= 0.3 is 5.97 Å². The van der Waals surface area contributed by atoms with Crippen molar-refractivity contribution in [3.05, 3.63) is 12.2 Å². The Labute approximate surface area is 514 Å². The van der Waals surface area contributed by atoms with Crippen molar-refractivity contribution >= 4 is 11.9 Å². The molecule has 0 aromatic carbocycles. The number of carbonyl (C=O) groups excluding carboxylic acids is 2. The third kappa shape index (κ3) is 67.7. The van der Waals surface area contributed by atoms with Crippen molar-refractivity contribution in [3.8, 4) is 0 Å². The largest absolute Gasteiger partial charge is 0.466 e. The van der Waals surface area contributed by atoms with E-state index in [4.69, 9.17) is 4.74 Å². The molecule has 0 spiro atoms. The van der Waals surface area contributed by atoms with Crippen LogP contribution < -0.4 is 5.32 Å². The number of aliphatic hydroxyl groups excluding tert-OH is 2. The van der Waals surface area contributed by atoms with Crippen molar-refractivity contribution < 1.29 is 24.5 Å². The van der Waals surface area contributed by atoms with Gasteiger partial charge in [-0.3, -0.25) is 9.59 Å². The summed E-state index contributed by atoms with van der Waals surface area (Å²) in [7, 11) is 0. The first-order valence-electron chi connectivity index (χ1n) is 38.0. The molecule has 6 nitrogen and oxygen atoms in total. The highest BCUT2D eigenvalue weighted by molar-refractivity contribution is 5.76. The van der Waals surface area contributed by atoms with Gasteiger partial charge in [0, 0.05) is 12.8 Å². The SMILES string of the molecule is CCCCCCCCCCCCCCCCCCCCCCCC/C=C/C(O)C(CO)NC(=O)CCCCCCCCCCCCCCCCCCCCCCCCCOC(=O)CCCCCCCCCCCCCCCCCCCC. The summed E-state index contributed by atoms with van der Waals surface area (Å²) in [6.07, 6.45) is 90.2. The van der Waals surface area contributed by atoms with Crippen LogP contribution in [-0.2, 0) is 14.3 Å². The number of nitrogens with one attached hydrogen (secondary N) is 1. The molecule has 0 saturated carbocycles. The Balaban J connectivity index is 3.38. The number of esters is 1. The van der Waals surface area contributed by atoms with Crippen LogP contribution >= 0.6 is 0 Å². The summed E-state index contributed by atoms with van der Waals surface area (Å²) >= 11 is 0. The van der Waals surface area contributed by atoms with Gasteiger partial charge in [-0.25, -0.2) is 0 Å². The predicted molar refractivity (Wildman–Crippen MR) is 361 cm³/mol. The topological polar surface area (TPSA) is 95.9 Å². The van der Waals surface area contributed by atoms with Gasteiger partial charge in [-0.2, -0.15) is 0 Å². The highest BCUT2D eigenvalue weighted by atomic mass is 16.5. The van der Waals surface area contributed by atoms with Gasteiger partial charge in [0.1, 0.15) is 0 Å². The lowest BCUT2D eigenvalue weighted by atomic mass is 10.0. The Kier molecular flexibility index (Phi) is 70.8. The van der Waals surface area contributed by atoms with E-state index in [0.717, 1.165) is 38.5 Å². The molecule has 0 saturated heterocycles. The van der Waals surface area contributed by atoms with Crippen LogP contribution in [0.2, 0.25) is 0 Å². The molecule has 0 aromatic heterocycles. The van der Waals surface area contributed by atoms with E-state index < -0.39 is 12.1 Å². The maximum atomic E-state index is 12.5. The van der Waals surface area contributed by atoms with Crippen molar-refractivity contribution in [1.29, 1.82) is 0 Å². The minimum Gasteiger partial charge on any atom is -0.466 e. The number of carbonyl (C=O) groups is 2. The number of hydrogen-bond acceptors (Lipinski definition) is 5. The summed E-state index contributed by atoms with van der Waals surface area (Å²) in [6.45, 7) is 4.96. The zero-order valence-corrected chi connectivity index (χ0v) is 56.0. The van der Waals surface area contributed by atoms with E-state index in [9.17, 15) is 19.8 Å². The minimum absolute atomic E-state index is 0.0198. The average Bonchev–Trinajstić information content (AvgIpc) is 3.48. The molecule has 1 amide bonds. The molecule has 0 radical (unpaired) electrons. The summed E-state index contributed by atoms with van der Waals surface area (Å²) in [5, 5.41) is 23.3. The van der Waals surface area contributed by atoms with E-state index >= 15 is 0 Å². The van der Waals surface area contributed by atoms with Gasteiger partial charge in [-0.15, -0.1) is 0 Å². The fourth-order valence-electron chi connectivity index (χ4n) is 12.3. The highest BCUT2D eigenvalue weighted by Gasteiger charge is 2.18. The Morgan fingerprint density at radius 1 is 0.329 bits per heavy atom. The molecule has 0 aliphatic heterocycles. The normalized spacial score (nSPS) is 12.5. The predicted octanol–water partition coefficient (Wildman–Crippen LogP) is 24.7. The zero-order valence-electron chi connectivity index (χ0n) is 56.0. The quantitative estimate of drug-likeness (QED) is 0.0320. The molecule has 2 unspecified atom stereocenters. The van der Waals surface area contributed by atoms with Crippen LogP contribution in [0.1, 0.15) is 438 Å². The molecular formula is C76H149NO5. The van der Waals surface area contributed by atoms with Gasteiger partial charge in [0.2, 0.25) is 5.91 Å². The third-order valence-corrected chi connectivity index (χ3v) is 18.1. The lowest BCUT2D eigenvalue weighted by Gasteiger charge is -2.20. The van der Waals surface area contributed by atoms with Crippen molar-refractivity contribution in [2.45, 2.75) is 450 Å². The smallest absolute Gasteiger partial charge is 0.305 e. The van der Waals surface area contributed by atoms with E-state index in [1.807, 2.05) is 6.08 Å². The van der Waals surface area contributed by atoms with Gasteiger partial charge < -0.3 is 20.3 Å². The molecule has 6 heteroatoms. The fourth-order valence-corrected chi connectivity index (χ4v) is 12.3. The third-order valence-electron chi connectivity index (χ3n) is 18.1. The maximum Gasteiger partial charge on any atom is 0.305 e. The molecular weight excluding hydrogens is 1010 g/mol. The number of aliphatic hydroxyl groups is 2. The number of rotatable bonds is 72. The Hall–Kier alpha value is -1.40. The van der Waals surface area contributed by atoms with Crippen molar-refractivity contribution in [3.63, 3.8) is 0 Å². The molecule has 0 heterocycles. The molecule has 0 aliphatic carbocycles. The van der Waals surface area contributed by atoms with Crippen LogP contribution in [-0.4, -0.2) is 47.4 Å². The van der Waals surface area contributed by atoms with Crippen molar-refractivity contribution in [2.24, 2.45) is 0 Å². The number of unbranched alkanes of at least 4 members (excludes halogenated alkanes) is 61. The average molecular weight is 1160 g/mol. The second-order valence-corrected chi connectivity index (χ2v) is 26.4. The van der Waals surface area contributed by atoms with Gasteiger partial charge in [0.25, 0.3) is 0 Å². The van der Waals surface area contributed by atoms with Crippen molar-refractivity contribution in [2.75, 3.05) is 13.2 Å². The first kappa shape index (κ1) is 80.6. The Morgan fingerprint density at radius 2 is 0.561 bits per heavy atom. The molecule has 0 fully saturated rings. The molecule has 3 N–H and O–H groups in total. The monoisotopic (exact) mass is 1160 g/mol. The molecule has 488 valence electrons. The van der Waals surface area contributed by atoms with Crippen LogP contribution in [0.3, 0.4) is 0 Å². The number of hydrogen-bond donors (Lipinski definition) is 3. The molecule has 0 bridgehead atoms. The minimum atomic E-state index is -0.845. The lowest BCUT2D eigenvalue weighted by molar-refractivity contribution is -0.143. The summed E-state index contributed by atoms with van der Waals surface area (Å²) in [5.74, 6) is -0.0421. The second-order valence-electron chi connectivity index (χ2n) is 26.4. The number of ether oxygens (including phenoxy) is 1. The van der Waals surface area contributed by atoms with E-state index in [0.29, 0.717) is 19.4 Å². The maximum absolute atomic E-state index is 12.5. The summed E-state index contributed by atoms with van der Waals surface area (Å²) < 4.78 is 5.51. The molecule has 0 rings (SSSR count). The second kappa shape index (κ2) is 72.1. The summed E-state index contributed by atoms with van der Waals surface area (Å²) in [6, 6.07) is -0.628. The number of amides is 1. The first-order valence-corrected chi connectivity index (χ1v) is 38.0. The van der Waals surface area contributed by atoms with Crippen molar-refractivity contribution in [1.82, 2.24) is 5.32 Å². The number of allylic oxidation sites excluding steroid dienone is 1. The molecule has 2 atom stereocenters. The van der Waals surface area contributed by atoms with E-state index in [1.54, 1.807) is 6.08 Å². The Morgan fingerprint density at radius 3 is 0.829 bits per heavy atom. The van der Waals surface area contributed by atoms with Crippen LogP contribution in [0.25, 0.3) is 0 Å². The van der Waals surface area contributed by atoms with Crippen LogP contribution in [0, 0.1) is 0 Å².